The van der Waals surface area contributed by atoms with Crippen molar-refractivity contribution in [2.75, 3.05) is 12.3 Å². The maximum atomic E-state index is 6.36. The highest BCUT2D eigenvalue weighted by molar-refractivity contribution is 5.69. The Labute approximate surface area is 139 Å². The lowest BCUT2D eigenvalue weighted by Gasteiger charge is -2.26. The predicted molar refractivity (Wildman–Crippen MR) is 97.5 cm³/mol. The van der Waals surface area contributed by atoms with Crippen molar-refractivity contribution in [3.63, 3.8) is 0 Å². The fraction of sp³-hybridized carbons (Fsp3) is 0.429. The molecule has 0 saturated heterocycles. The number of benzene rings is 2. The van der Waals surface area contributed by atoms with Gasteiger partial charge in [0.2, 0.25) is 0 Å². The Kier molecular flexibility index (Phi) is 3.66. The van der Waals surface area contributed by atoms with Gasteiger partial charge in [0.05, 0.1) is 5.41 Å². The fourth-order valence-electron chi connectivity index (χ4n) is 3.74. The van der Waals surface area contributed by atoms with Crippen LogP contribution in [-0.4, -0.2) is 6.61 Å². The Morgan fingerprint density at radius 2 is 1.61 bits per heavy atom. The molecule has 2 aromatic rings. The molecule has 3 rings (SSSR count). The molecule has 122 valence electrons. The van der Waals surface area contributed by atoms with Crippen molar-refractivity contribution in [1.82, 2.24) is 0 Å². The number of ether oxygens (including phenoxy) is 1. The Morgan fingerprint density at radius 3 is 2.17 bits per heavy atom. The molecule has 2 N–H and O–H groups in total. The Hall–Kier alpha value is -1.96. The lowest BCUT2D eigenvalue weighted by atomic mass is 9.74. The van der Waals surface area contributed by atoms with Crippen molar-refractivity contribution >= 4 is 5.69 Å². The second-order valence-electron chi connectivity index (χ2n) is 7.39. The van der Waals surface area contributed by atoms with Gasteiger partial charge in [0.15, 0.2) is 0 Å². The summed E-state index contributed by atoms with van der Waals surface area (Å²) in [6.45, 7) is 13.7. The fourth-order valence-corrected chi connectivity index (χ4v) is 3.74. The Bertz CT molecular complexity index is 759. The molecule has 1 aliphatic heterocycles. The van der Waals surface area contributed by atoms with Gasteiger partial charge < -0.3 is 10.5 Å². The summed E-state index contributed by atoms with van der Waals surface area (Å²) in [5.74, 6) is 1.58. The summed E-state index contributed by atoms with van der Waals surface area (Å²) < 4.78 is 6.14. The summed E-state index contributed by atoms with van der Waals surface area (Å²) in [4.78, 5) is 0. The molecular weight excluding hydrogens is 282 g/mol. The average Bonchev–Trinajstić information content (AvgIpc) is 2.90. The van der Waals surface area contributed by atoms with Crippen LogP contribution in [0, 0.1) is 20.8 Å². The van der Waals surface area contributed by atoms with Gasteiger partial charge in [0, 0.05) is 11.3 Å². The van der Waals surface area contributed by atoms with E-state index in [-0.39, 0.29) is 5.41 Å². The second kappa shape index (κ2) is 5.30. The minimum Gasteiger partial charge on any atom is -0.492 e. The molecule has 1 unspecified atom stereocenters. The van der Waals surface area contributed by atoms with Crippen molar-refractivity contribution in [2.24, 2.45) is 0 Å². The molecule has 0 bridgehead atoms. The van der Waals surface area contributed by atoms with E-state index >= 15 is 0 Å². The zero-order valence-electron chi connectivity index (χ0n) is 15.1. The van der Waals surface area contributed by atoms with Crippen molar-refractivity contribution < 1.29 is 4.74 Å². The van der Waals surface area contributed by atoms with E-state index in [2.05, 4.69) is 65.8 Å². The average molecular weight is 309 g/mol. The van der Waals surface area contributed by atoms with Crippen LogP contribution in [-0.2, 0) is 5.41 Å². The number of hydrogen-bond donors (Lipinski definition) is 1. The van der Waals surface area contributed by atoms with Gasteiger partial charge in [-0.1, -0.05) is 38.1 Å². The third-order valence-corrected chi connectivity index (χ3v) is 5.58. The smallest absolute Gasteiger partial charge is 0.127 e. The van der Waals surface area contributed by atoms with Crippen molar-refractivity contribution in [1.29, 1.82) is 0 Å². The monoisotopic (exact) mass is 309 g/mol. The first kappa shape index (κ1) is 15.9. The van der Waals surface area contributed by atoms with E-state index in [9.17, 15) is 0 Å². The highest BCUT2D eigenvalue weighted by Gasteiger charge is 2.41. The standard InChI is InChI=1S/C21H27NO/c1-12(2)16-7-9-17(10-8-16)21(6)11-23-20-14(4)13(3)19(22)15(5)18(20)21/h7-10,12H,11,22H2,1-6H3. The Balaban J connectivity index is 2.17. The van der Waals surface area contributed by atoms with Crippen LogP contribution in [0.4, 0.5) is 5.69 Å². The Morgan fingerprint density at radius 1 is 1.00 bits per heavy atom. The van der Waals surface area contributed by atoms with Crippen LogP contribution in [0.25, 0.3) is 0 Å². The SMILES string of the molecule is Cc1c(C)c2c(c(C)c1N)C(C)(c1ccc(C(C)C)cc1)CO2. The summed E-state index contributed by atoms with van der Waals surface area (Å²) in [6.07, 6.45) is 0. The van der Waals surface area contributed by atoms with E-state index in [0.29, 0.717) is 12.5 Å². The zero-order valence-corrected chi connectivity index (χ0v) is 15.1. The molecule has 2 nitrogen and oxygen atoms in total. The molecule has 0 saturated carbocycles. The third-order valence-electron chi connectivity index (χ3n) is 5.58. The van der Waals surface area contributed by atoms with Gasteiger partial charge in [-0.25, -0.2) is 0 Å². The molecule has 0 radical (unpaired) electrons. The summed E-state index contributed by atoms with van der Waals surface area (Å²) in [6, 6.07) is 8.98. The highest BCUT2D eigenvalue weighted by atomic mass is 16.5. The van der Waals surface area contributed by atoms with Gasteiger partial charge in [-0.2, -0.15) is 0 Å². The first-order valence-corrected chi connectivity index (χ1v) is 8.40. The van der Waals surface area contributed by atoms with Gasteiger partial charge >= 0.3 is 0 Å². The van der Waals surface area contributed by atoms with Crippen LogP contribution in [0.1, 0.15) is 60.1 Å². The molecule has 1 aliphatic rings. The highest BCUT2D eigenvalue weighted by Crippen LogP contribution is 2.49. The van der Waals surface area contributed by atoms with Crippen LogP contribution in [0.3, 0.4) is 0 Å². The molecule has 0 fully saturated rings. The third kappa shape index (κ3) is 2.23. The molecule has 2 aromatic carbocycles. The van der Waals surface area contributed by atoms with Crippen LogP contribution in [0.2, 0.25) is 0 Å². The molecular formula is C21H27NO. The molecule has 23 heavy (non-hydrogen) atoms. The lowest BCUT2D eigenvalue weighted by Crippen LogP contribution is -2.26. The van der Waals surface area contributed by atoms with Gasteiger partial charge in [-0.3, -0.25) is 0 Å². The molecule has 0 spiro atoms. The van der Waals surface area contributed by atoms with Gasteiger partial charge in [0.1, 0.15) is 12.4 Å². The normalized spacial score (nSPS) is 19.8. The maximum absolute atomic E-state index is 6.36. The van der Waals surface area contributed by atoms with Crippen molar-refractivity contribution in [3.8, 4) is 5.75 Å². The van der Waals surface area contributed by atoms with Crippen LogP contribution in [0.5, 0.6) is 5.75 Å². The lowest BCUT2D eigenvalue weighted by molar-refractivity contribution is 0.301. The molecule has 2 heteroatoms. The first-order chi connectivity index (χ1) is 10.8. The first-order valence-electron chi connectivity index (χ1n) is 8.40. The maximum Gasteiger partial charge on any atom is 0.127 e. The number of rotatable bonds is 2. The molecule has 1 heterocycles. The van der Waals surface area contributed by atoms with Crippen LogP contribution < -0.4 is 10.5 Å². The van der Waals surface area contributed by atoms with Crippen LogP contribution >= 0.6 is 0 Å². The quantitative estimate of drug-likeness (QED) is 0.791. The second-order valence-corrected chi connectivity index (χ2v) is 7.39. The van der Waals surface area contributed by atoms with E-state index in [1.807, 2.05) is 0 Å². The van der Waals surface area contributed by atoms with E-state index in [4.69, 9.17) is 10.5 Å². The minimum atomic E-state index is -0.137. The van der Waals surface area contributed by atoms with Gasteiger partial charge in [0.25, 0.3) is 0 Å². The van der Waals surface area contributed by atoms with E-state index in [1.165, 1.54) is 22.3 Å². The van der Waals surface area contributed by atoms with Gasteiger partial charge in [-0.05, 0) is 61.4 Å². The topological polar surface area (TPSA) is 35.2 Å². The molecule has 0 aliphatic carbocycles. The van der Waals surface area contributed by atoms with Crippen molar-refractivity contribution in [2.45, 2.75) is 52.9 Å². The number of fused-ring (bicyclic) bond motifs is 1. The van der Waals surface area contributed by atoms with E-state index in [1.54, 1.807) is 0 Å². The van der Waals surface area contributed by atoms with Gasteiger partial charge in [-0.15, -0.1) is 0 Å². The molecule has 0 amide bonds. The number of hydrogen-bond acceptors (Lipinski definition) is 2. The molecule has 0 aromatic heterocycles. The largest absolute Gasteiger partial charge is 0.492 e. The predicted octanol–water partition coefficient (Wildman–Crippen LogP) is 5.02. The summed E-state index contributed by atoms with van der Waals surface area (Å²) in [5, 5.41) is 0. The van der Waals surface area contributed by atoms with E-state index < -0.39 is 0 Å². The van der Waals surface area contributed by atoms with Crippen LogP contribution in [0.15, 0.2) is 24.3 Å². The minimum absolute atomic E-state index is 0.137. The number of nitrogens with two attached hydrogens (primary N) is 1. The zero-order chi connectivity index (χ0) is 16.9. The summed E-state index contributed by atoms with van der Waals surface area (Å²) >= 11 is 0. The number of anilines is 1. The summed E-state index contributed by atoms with van der Waals surface area (Å²) in [5.41, 5.74) is 14.5. The number of nitrogen functional groups attached to an aromatic ring is 1. The van der Waals surface area contributed by atoms with Crippen molar-refractivity contribution in [3.05, 3.63) is 57.6 Å². The summed E-state index contributed by atoms with van der Waals surface area (Å²) in [7, 11) is 0. The van der Waals surface area contributed by atoms with E-state index in [0.717, 1.165) is 22.6 Å². The molecule has 1 atom stereocenters.